The minimum absolute atomic E-state index is 0.0312. The van der Waals surface area contributed by atoms with Crippen molar-refractivity contribution in [2.24, 2.45) is 5.90 Å². The predicted molar refractivity (Wildman–Crippen MR) is 35.9 cm³/mol. The summed E-state index contributed by atoms with van der Waals surface area (Å²) < 4.78 is 0. The second-order valence-electron chi connectivity index (χ2n) is 2.51. The lowest BCUT2D eigenvalue weighted by atomic mass is 9.93. The molecule has 1 aliphatic rings. The molecule has 4 heteroatoms. The normalized spacial score (nSPS) is 18.1. The number of carbonyl (C=O) groups excluding carboxylic acids is 1. The standard InChI is InChI=1S/C6H12N2O2/c7-10-4-6(9)8-5-2-1-3-5/h5H,1-4,7H2,(H,8,9). The van der Waals surface area contributed by atoms with Crippen LogP contribution in [0.4, 0.5) is 0 Å². The number of rotatable bonds is 3. The van der Waals surface area contributed by atoms with Crippen molar-refractivity contribution in [3.63, 3.8) is 0 Å². The summed E-state index contributed by atoms with van der Waals surface area (Å²) in [4.78, 5) is 14.9. The van der Waals surface area contributed by atoms with Gasteiger partial charge in [0.05, 0.1) is 0 Å². The molecule has 0 aromatic rings. The van der Waals surface area contributed by atoms with Crippen LogP contribution in [-0.2, 0) is 9.63 Å². The summed E-state index contributed by atoms with van der Waals surface area (Å²) in [5.41, 5.74) is 0. The molecule has 1 fully saturated rings. The van der Waals surface area contributed by atoms with E-state index < -0.39 is 0 Å². The molecule has 1 amide bonds. The van der Waals surface area contributed by atoms with Crippen LogP contribution in [0.15, 0.2) is 0 Å². The highest BCUT2D eigenvalue weighted by molar-refractivity contribution is 5.77. The van der Waals surface area contributed by atoms with E-state index in [0.717, 1.165) is 12.8 Å². The van der Waals surface area contributed by atoms with Gasteiger partial charge in [0.15, 0.2) is 0 Å². The largest absolute Gasteiger partial charge is 0.351 e. The third-order valence-corrected chi connectivity index (χ3v) is 1.68. The van der Waals surface area contributed by atoms with Crippen LogP contribution in [0, 0.1) is 0 Å². The van der Waals surface area contributed by atoms with Gasteiger partial charge in [-0.2, -0.15) is 0 Å². The van der Waals surface area contributed by atoms with Crippen molar-refractivity contribution in [3.8, 4) is 0 Å². The number of hydrogen-bond acceptors (Lipinski definition) is 3. The van der Waals surface area contributed by atoms with Crippen molar-refractivity contribution in [2.75, 3.05) is 6.61 Å². The lowest BCUT2D eigenvalue weighted by Gasteiger charge is -2.25. The quantitative estimate of drug-likeness (QED) is 0.527. The van der Waals surface area contributed by atoms with E-state index in [2.05, 4.69) is 10.2 Å². The lowest BCUT2D eigenvalue weighted by molar-refractivity contribution is -0.127. The SMILES string of the molecule is NOCC(=O)NC1CCC1. The first kappa shape index (κ1) is 7.50. The Morgan fingerprint density at radius 1 is 1.70 bits per heavy atom. The molecular formula is C6H12N2O2. The topological polar surface area (TPSA) is 64.3 Å². The number of amides is 1. The van der Waals surface area contributed by atoms with Crippen LogP contribution >= 0.6 is 0 Å². The van der Waals surface area contributed by atoms with E-state index in [0.29, 0.717) is 6.04 Å². The van der Waals surface area contributed by atoms with Gasteiger partial charge in [-0.25, -0.2) is 5.90 Å². The zero-order chi connectivity index (χ0) is 7.40. The predicted octanol–water partition coefficient (Wildman–Crippen LogP) is -0.455. The fourth-order valence-corrected chi connectivity index (χ4v) is 0.898. The molecule has 0 heterocycles. The van der Waals surface area contributed by atoms with E-state index >= 15 is 0 Å². The van der Waals surface area contributed by atoms with Gasteiger partial charge in [-0.3, -0.25) is 9.63 Å². The van der Waals surface area contributed by atoms with Crippen LogP contribution in [0.2, 0.25) is 0 Å². The third-order valence-electron chi connectivity index (χ3n) is 1.68. The van der Waals surface area contributed by atoms with E-state index in [9.17, 15) is 4.79 Å². The summed E-state index contributed by atoms with van der Waals surface area (Å²) in [7, 11) is 0. The Kier molecular flexibility index (Phi) is 2.65. The molecule has 4 nitrogen and oxygen atoms in total. The minimum atomic E-state index is -0.118. The Morgan fingerprint density at radius 3 is 2.80 bits per heavy atom. The Balaban J connectivity index is 2.05. The monoisotopic (exact) mass is 144 g/mol. The molecule has 0 aromatic carbocycles. The Labute approximate surface area is 59.7 Å². The van der Waals surface area contributed by atoms with Gasteiger partial charge >= 0.3 is 0 Å². The molecule has 0 radical (unpaired) electrons. The second-order valence-corrected chi connectivity index (χ2v) is 2.51. The molecule has 1 rings (SSSR count). The Morgan fingerprint density at radius 2 is 2.40 bits per heavy atom. The van der Waals surface area contributed by atoms with Crippen molar-refractivity contribution in [2.45, 2.75) is 25.3 Å². The molecule has 1 saturated carbocycles. The van der Waals surface area contributed by atoms with Gasteiger partial charge in [0.1, 0.15) is 6.61 Å². The summed E-state index contributed by atoms with van der Waals surface area (Å²) in [6.45, 7) is -0.0312. The highest BCUT2D eigenvalue weighted by Gasteiger charge is 2.18. The van der Waals surface area contributed by atoms with Gasteiger partial charge in [-0.05, 0) is 19.3 Å². The average molecular weight is 144 g/mol. The highest BCUT2D eigenvalue weighted by atomic mass is 16.6. The summed E-state index contributed by atoms with van der Waals surface area (Å²) in [6.07, 6.45) is 3.40. The Bertz CT molecular complexity index is 123. The summed E-state index contributed by atoms with van der Waals surface area (Å²) in [5, 5.41) is 2.77. The van der Waals surface area contributed by atoms with Crippen LogP contribution < -0.4 is 11.2 Å². The molecule has 0 unspecified atom stereocenters. The fraction of sp³-hybridized carbons (Fsp3) is 0.833. The molecule has 3 N–H and O–H groups in total. The molecular weight excluding hydrogens is 132 g/mol. The van der Waals surface area contributed by atoms with Gasteiger partial charge in [-0.1, -0.05) is 0 Å². The molecule has 0 saturated heterocycles. The smallest absolute Gasteiger partial charge is 0.248 e. The number of nitrogens with two attached hydrogens (primary N) is 1. The maximum Gasteiger partial charge on any atom is 0.248 e. The zero-order valence-electron chi connectivity index (χ0n) is 5.80. The van der Waals surface area contributed by atoms with Crippen LogP contribution in [0.25, 0.3) is 0 Å². The van der Waals surface area contributed by atoms with Gasteiger partial charge in [0, 0.05) is 6.04 Å². The van der Waals surface area contributed by atoms with Gasteiger partial charge in [0.25, 0.3) is 0 Å². The van der Waals surface area contributed by atoms with Crippen molar-refractivity contribution in [1.82, 2.24) is 5.32 Å². The third kappa shape index (κ3) is 1.97. The van der Waals surface area contributed by atoms with E-state index in [-0.39, 0.29) is 12.5 Å². The Hall–Kier alpha value is -0.610. The first-order chi connectivity index (χ1) is 4.83. The molecule has 0 bridgehead atoms. The number of nitrogens with one attached hydrogen (secondary N) is 1. The lowest BCUT2D eigenvalue weighted by Crippen LogP contribution is -2.41. The first-order valence-electron chi connectivity index (χ1n) is 3.44. The number of hydrogen-bond donors (Lipinski definition) is 2. The van der Waals surface area contributed by atoms with Crippen molar-refractivity contribution in [3.05, 3.63) is 0 Å². The summed E-state index contributed by atoms with van der Waals surface area (Å²) in [5.74, 6) is 4.59. The minimum Gasteiger partial charge on any atom is -0.351 e. The van der Waals surface area contributed by atoms with E-state index in [1.54, 1.807) is 0 Å². The van der Waals surface area contributed by atoms with Gasteiger partial charge < -0.3 is 5.32 Å². The van der Waals surface area contributed by atoms with E-state index in [1.807, 2.05) is 0 Å². The van der Waals surface area contributed by atoms with Gasteiger partial charge in [-0.15, -0.1) is 0 Å². The van der Waals surface area contributed by atoms with Crippen molar-refractivity contribution in [1.29, 1.82) is 0 Å². The van der Waals surface area contributed by atoms with Crippen molar-refractivity contribution >= 4 is 5.91 Å². The van der Waals surface area contributed by atoms with Crippen LogP contribution in [0.1, 0.15) is 19.3 Å². The van der Waals surface area contributed by atoms with E-state index in [1.165, 1.54) is 6.42 Å². The van der Waals surface area contributed by atoms with Crippen molar-refractivity contribution < 1.29 is 9.63 Å². The van der Waals surface area contributed by atoms with E-state index in [4.69, 9.17) is 5.90 Å². The number of carbonyl (C=O) groups is 1. The second kappa shape index (κ2) is 3.53. The molecule has 10 heavy (non-hydrogen) atoms. The molecule has 0 aromatic heterocycles. The molecule has 58 valence electrons. The summed E-state index contributed by atoms with van der Waals surface area (Å²) >= 11 is 0. The molecule has 0 atom stereocenters. The molecule has 0 spiro atoms. The first-order valence-corrected chi connectivity index (χ1v) is 3.44. The summed E-state index contributed by atoms with van der Waals surface area (Å²) in [6, 6.07) is 0.377. The fourth-order valence-electron chi connectivity index (χ4n) is 0.898. The maximum atomic E-state index is 10.7. The average Bonchev–Trinajstić information content (AvgIpc) is 1.80. The highest BCUT2D eigenvalue weighted by Crippen LogP contribution is 2.17. The molecule has 0 aliphatic heterocycles. The van der Waals surface area contributed by atoms with Crippen LogP contribution in [0.3, 0.4) is 0 Å². The maximum absolute atomic E-state index is 10.7. The molecule has 1 aliphatic carbocycles. The zero-order valence-corrected chi connectivity index (χ0v) is 5.80. The van der Waals surface area contributed by atoms with Crippen LogP contribution in [-0.4, -0.2) is 18.6 Å². The van der Waals surface area contributed by atoms with Crippen LogP contribution in [0.5, 0.6) is 0 Å². The van der Waals surface area contributed by atoms with Gasteiger partial charge in [0.2, 0.25) is 5.91 Å².